The maximum absolute atomic E-state index is 13.1. The van der Waals surface area contributed by atoms with Crippen LogP contribution in [0.4, 0.5) is 0 Å². The van der Waals surface area contributed by atoms with Crippen LogP contribution in [0.2, 0.25) is 5.02 Å². The number of ether oxygens (including phenoxy) is 1. The molecule has 4 aromatic rings. The Balaban J connectivity index is 1.32. The minimum absolute atomic E-state index is 0.00672. The van der Waals surface area contributed by atoms with Gasteiger partial charge >= 0.3 is 0 Å². The second-order valence-corrected chi connectivity index (χ2v) is 8.00. The van der Waals surface area contributed by atoms with E-state index in [2.05, 4.69) is 10.2 Å². The highest BCUT2D eigenvalue weighted by atomic mass is 35.5. The van der Waals surface area contributed by atoms with Gasteiger partial charge in [-0.2, -0.15) is 0 Å². The number of furan rings is 1. The predicted molar refractivity (Wildman–Crippen MR) is 115 cm³/mol. The van der Waals surface area contributed by atoms with E-state index in [-0.39, 0.29) is 24.9 Å². The molecule has 0 spiro atoms. The van der Waals surface area contributed by atoms with Crippen molar-refractivity contribution in [1.29, 1.82) is 0 Å². The monoisotopic (exact) mass is 437 g/mol. The predicted octanol–water partition coefficient (Wildman–Crippen LogP) is 4.88. The molecule has 2 heterocycles. The summed E-state index contributed by atoms with van der Waals surface area (Å²) in [5, 5.41) is 9.80. The maximum atomic E-state index is 13.1. The molecule has 0 aliphatic heterocycles. The molecule has 0 radical (unpaired) electrons. The fourth-order valence-electron chi connectivity index (χ4n) is 3.57. The lowest BCUT2D eigenvalue weighted by molar-refractivity contribution is -0.132. The number of aromatic nitrogens is 2. The summed E-state index contributed by atoms with van der Waals surface area (Å²) < 4.78 is 16.7. The lowest BCUT2D eigenvalue weighted by Crippen LogP contribution is -2.33. The summed E-state index contributed by atoms with van der Waals surface area (Å²) in [6.45, 7) is 0.285. The fourth-order valence-corrected chi connectivity index (χ4v) is 3.70. The second-order valence-electron chi connectivity index (χ2n) is 7.56. The van der Waals surface area contributed by atoms with E-state index in [1.54, 1.807) is 25.5 Å². The molecule has 8 heteroatoms. The van der Waals surface area contributed by atoms with Gasteiger partial charge in [-0.05, 0) is 49.2 Å². The van der Waals surface area contributed by atoms with Crippen LogP contribution in [0.1, 0.15) is 24.3 Å². The molecular weight excluding hydrogens is 418 g/mol. The standard InChI is InChI=1S/C23H20ClN3O4/c1-29-18-8-9-19-15(13-30-20(19)11-18)10-22(28)27(17-6-7-17)12-21-25-26-23(31-21)14-2-4-16(24)5-3-14/h2-5,8-9,11,13,17H,6-7,10,12H2,1H3. The molecule has 0 bridgehead atoms. The van der Waals surface area contributed by atoms with Crippen LogP contribution in [-0.4, -0.2) is 34.2 Å². The fraction of sp³-hybridized carbons (Fsp3) is 0.261. The normalized spacial score (nSPS) is 13.5. The van der Waals surface area contributed by atoms with Gasteiger partial charge in [0.1, 0.15) is 11.3 Å². The number of rotatable bonds is 7. The highest BCUT2D eigenvalue weighted by Gasteiger charge is 2.34. The Morgan fingerprint density at radius 3 is 2.74 bits per heavy atom. The van der Waals surface area contributed by atoms with E-state index in [0.717, 1.165) is 29.4 Å². The van der Waals surface area contributed by atoms with Crippen LogP contribution in [0.3, 0.4) is 0 Å². The average molecular weight is 438 g/mol. The Hall–Kier alpha value is -3.32. The van der Waals surface area contributed by atoms with Crippen molar-refractivity contribution in [1.82, 2.24) is 15.1 Å². The number of hydrogen-bond donors (Lipinski definition) is 0. The summed E-state index contributed by atoms with van der Waals surface area (Å²) in [6.07, 6.45) is 3.84. The smallest absolute Gasteiger partial charge is 0.247 e. The molecule has 1 aliphatic rings. The maximum Gasteiger partial charge on any atom is 0.247 e. The molecule has 1 aliphatic carbocycles. The van der Waals surface area contributed by atoms with Gasteiger partial charge in [-0.3, -0.25) is 4.79 Å². The average Bonchev–Trinajstić information content (AvgIpc) is 3.39. The van der Waals surface area contributed by atoms with Crippen molar-refractivity contribution in [2.24, 2.45) is 0 Å². The summed E-state index contributed by atoms with van der Waals surface area (Å²) in [6, 6.07) is 13.0. The Kier molecular flexibility index (Phi) is 5.11. The quantitative estimate of drug-likeness (QED) is 0.410. The number of methoxy groups -OCH3 is 1. The van der Waals surface area contributed by atoms with Crippen molar-refractivity contribution in [3.8, 4) is 17.2 Å². The topological polar surface area (TPSA) is 81.6 Å². The molecule has 0 N–H and O–H groups in total. The van der Waals surface area contributed by atoms with Crippen molar-refractivity contribution >= 4 is 28.5 Å². The first kappa shape index (κ1) is 19.6. The number of hydrogen-bond acceptors (Lipinski definition) is 6. The third-order valence-corrected chi connectivity index (χ3v) is 5.63. The van der Waals surface area contributed by atoms with Gasteiger partial charge in [0.15, 0.2) is 0 Å². The molecule has 31 heavy (non-hydrogen) atoms. The Morgan fingerprint density at radius 1 is 1.19 bits per heavy atom. The summed E-state index contributed by atoms with van der Waals surface area (Å²) in [5.74, 6) is 1.54. The summed E-state index contributed by atoms with van der Waals surface area (Å²) in [7, 11) is 1.61. The van der Waals surface area contributed by atoms with Crippen LogP contribution in [-0.2, 0) is 17.8 Å². The molecule has 0 atom stereocenters. The summed E-state index contributed by atoms with van der Waals surface area (Å²) in [5.41, 5.74) is 2.33. The molecule has 1 saturated carbocycles. The molecule has 5 rings (SSSR count). The second kappa shape index (κ2) is 8.07. The number of carbonyl (C=O) groups is 1. The number of amides is 1. The number of halogens is 1. The lowest BCUT2D eigenvalue weighted by atomic mass is 10.1. The van der Waals surface area contributed by atoms with Crippen LogP contribution >= 0.6 is 11.6 Å². The van der Waals surface area contributed by atoms with E-state index in [9.17, 15) is 4.79 Å². The highest BCUT2D eigenvalue weighted by Crippen LogP contribution is 2.31. The van der Waals surface area contributed by atoms with Crippen molar-refractivity contribution in [2.75, 3.05) is 7.11 Å². The van der Waals surface area contributed by atoms with Gasteiger partial charge in [0.2, 0.25) is 17.7 Å². The van der Waals surface area contributed by atoms with E-state index in [0.29, 0.717) is 28.1 Å². The van der Waals surface area contributed by atoms with E-state index >= 15 is 0 Å². The Morgan fingerprint density at radius 2 is 2.00 bits per heavy atom. The largest absolute Gasteiger partial charge is 0.497 e. The number of nitrogens with zero attached hydrogens (tertiary/aromatic N) is 3. The molecule has 0 saturated heterocycles. The molecular formula is C23H20ClN3O4. The molecule has 7 nitrogen and oxygen atoms in total. The van der Waals surface area contributed by atoms with Gasteiger partial charge in [0.25, 0.3) is 0 Å². The first-order valence-corrected chi connectivity index (χ1v) is 10.4. The van der Waals surface area contributed by atoms with E-state index < -0.39 is 0 Å². The first-order chi connectivity index (χ1) is 15.1. The van der Waals surface area contributed by atoms with Gasteiger partial charge < -0.3 is 18.5 Å². The molecule has 0 unspecified atom stereocenters. The minimum atomic E-state index is 0.00672. The van der Waals surface area contributed by atoms with Gasteiger partial charge in [-0.25, -0.2) is 0 Å². The van der Waals surface area contributed by atoms with Gasteiger partial charge in [-0.15, -0.1) is 10.2 Å². The van der Waals surface area contributed by atoms with Gasteiger partial charge in [0, 0.05) is 33.6 Å². The lowest BCUT2D eigenvalue weighted by Gasteiger charge is -2.20. The zero-order valence-electron chi connectivity index (χ0n) is 16.9. The minimum Gasteiger partial charge on any atom is -0.497 e. The Bertz CT molecular complexity index is 1230. The highest BCUT2D eigenvalue weighted by molar-refractivity contribution is 6.30. The summed E-state index contributed by atoms with van der Waals surface area (Å²) in [4.78, 5) is 15.0. The third-order valence-electron chi connectivity index (χ3n) is 5.38. The van der Waals surface area contributed by atoms with Crippen LogP contribution < -0.4 is 4.74 Å². The molecule has 1 fully saturated rings. The van der Waals surface area contributed by atoms with E-state index in [1.165, 1.54) is 0 Å². The first-order valence-electron chi connectivity index (χ1n) is 10.0. The number of carbonyl (C=O) groups excluding carboxylic acids is 1. The molecule has 1 amide bonds. The zero-order valence-corrected chi connectivity index (χ0v) is 17.6. The van der Waals surface area contributed by atoms with Crippen LogP contribution in [0.25, 0.3) is 22.4 Å². The molecule has 2 aromatic carbocycles. The number of fused-ring (bicyclic) bond motifs is 1. The van der Waals surface area contributed by atoms with Gasteiger partial charge in [-0.1, -0.05) is 11.6 Å². The SMILES string of the molecule is COc1ccc2c(CC(=O)N(Cc3nnc(-c4ccc(Cl)cc4)o3)C3CC3)coc2c1. The summed E-state index contributed by atoms with van der Waals surface area (Å²) >= 11 is 5.94. The van der Waals surface area contributed by atoms with Crippen molar-refractivity contribution in [3.05, 3.63) is 65.2 Å². The van der Waals surface area contributed by atoms with Crippen LogP contribution in [0.15, 0.2) is 57.6 Å². The third kappa shape index (κ3) is 4.14. The van der Waals surface area contributed by atoms with Crippen molar-refractivity contribution in [3.63, 3.8) is 0 Å². The van der Waals surface area contributed by atoms with Crippen molar-refractivity contribution in [2.45, 2.75) is 31.8 Å². The molecule has 2 aromatic heterocycles. The number of benzene rings is 2. The van der Waals surface area contributed by atoms with Crippen LogP contribution in [0, 0.1) is 0 Å². The molecule has 158 valence electrons. The van der Waals surface area contributed by atoms with Gasteiger partial charge in [0.05, 0.1) is 26.3 Å². The van der Waals surface area contributed by atoms with E-state index in [1.807, 2.05) is 35.2 Å². The van der Waals surface area contributed by atoms with E-state index in [4.69, 9.17) is 25.2 Å². The Labute approximate surface area is 183 Å². The van der Waals surface area contributed by atoms with Crippen LogP contribution in [0.5, 0.6) is 5.75 Å². The van der Waals surface area contributed by atoms with Crippen molar-refractivity contribution < 1.29 is 18.4 Å². The zero-order chi connectivity index (χ0) is 21.4.